The second-order valence-corrected chi connectivity index (χ2v) is 4.81. The summed E-state index contributed by atoms with van der Waals surface area (Å²) >= 11 is 0. The lowest BCUT2D eigenvalue weighted by Crippen LogP contribution is -2.03. The van der Waals surface area contributed by atoms with Crippen LogP contribution >= 0.6 is 0 Å². The van der Waals surface area contributed by atoms with Gasteiger partial charge in [-0.25, -0.2) is 0 Å². The van der Waals surface area contributed by atoms with Crippen LogP contribution in [0.2, 0.25) is 0 Å². The Kier molecular flexibility index (Phi) is 11.1. The molecule has 0 aliphatic rings. The smallest absolute Gasteiger partial charge is 0.137 e. The lowest BCUT2D eigenvalue weighted by atomic mass is 10.00. The van der Waals surface area contributed by atoms with Crippen molar-refractivity contribution in [1.82, 2.24) is 0 Å². The molecule has 2 nitrogen and oxygen atoms in total. The van der Waals surface area contributed by atoms with Crippen molar-refractivity contribution in [3.63, 3.8) is 0 Å². The van der Waals surface area contributed by atoms with Gasteiger partial charge in [0.1, 0.15) is 11.6 Å². The zero-order chi connectivity index (χ0) is 16.1. The minimum Gasteiger partial charge on any atom is -0.300 e. The van der Waals surface area contributed by atoms with Crippen molar-refractivity contribution < 1.29 is 9.59 Å². The SMILES string of the molecule is CC.CCCC(=O)Cc1ccccc1/C=C/CCC(C)=O. The minimum atomic E-state index is 0.205. The Balaban J connectivity index is 0.00000191. The highest BCUT2D eigenvalue weighted by Crippen LogP contribution is 2.13. The van der Waals surface area contributed by atoms with Gasteiger partial charge in [0, 0.05) is 19.3 Å². The molecule has 0 N–H and O–H groups in total. The van der Waals surface area contributed by atoms with Crippen molar-refractivity contribution in [3.8, 4) is 0 Å². The van der Waals surface area contributed by atoms with Crippen LogP contribution in [0.15, 0.2) is 30.3 Å². The van der Waals surface area contributed by atoms with Gasteiger partial charge in [-0.2, -0.15) is 0 Å². The summed E-state index contributed by atoms with van der Waals surface area (Å²) in [6.45, 7) is 7.62. The average molecular weight is 288 g/mol. The van der Waals surface area contributed by atoms with E-state index >= 15 is 0 Å². The Morgan fingerprint density at radius 1 is 1.10 bits per heavy atom. The van der Waals surface area contributed by atoms with Gasteiger partial charge in [-0.3, -0.25) is 4.79 Å². The van der Waals surface area contributed by atoms with Gasteiger partial charge in [0.2, 0.25) is 0 Å². The number of hydrogen-bond donors (Lipinski definition) is 0. The van der Waals surface area contributed by atoms with E-state index in [1.165, 1.54) is 0 Å². The zero-order valence-electron chi connectivity index (χ0n) is 13.8. The molecule has 0 aliphatic carbocycles. The molecule has 0 heterocycles. The molecule has 0 amide bonds. The van der Waals surface area contributed by atoms with Gasteiger partial charge in [-0.15, -0.1) is 0 Å². The van der Waals surface area contributed by atoms with E-state index in [0.29, 0.717) is 19.3 Å². The molecule has 0 saturated carbocycles. The largest absolute Gasteiger partial charge is 0.300 e. The molecule has 0 fully saturated rings. The van der Waals surface area contributed by atoms with Gasteiger partial charge in [0.15, 0.2) is 0 Å². The fourth-order valence-electron chi connectivity index (χ4n) is 1.93. The second kappa shape index (κ2) is 12.1. The first kappa shape index (κ1) is 19.3. The Morgan fingerprint density at radius 3 is 2.38 bits per heavy atom. The maximum Gasteiger partial charge on any atom is 0.137 e. The van der Waals surface area contributed by atoms with Gasteiger partial charge in [0.25, 0.3) is 0 Å². The molecule has 0 aliphatic heterocycles. The third kappa shape index (κ3) is 8.96. The van der Waals surface area contributed by atoms with Gasteiger partial charge in [-0.1, -0.05) is 57.2 Å². The van der Waals surface area contributed by atoms with Gasteiger partial charge < -0.3 is 4.79 Å². The monoisotopic (exact) mass is 288 g/mol. The van der Waals surface area contributed by atoms with Crippen LogP contribution < -0.4 is 0 Å². The van der Waals surface area contributed by atoms with Crippen LogP contribution in [0.4, 0.5) is 0 Å². The van der Waals surface area contributed by atoms with Crippen molar-refractivity contribution in [2.45, 2.75) is 59.8 Å². The van der Waals surface area contributed by atoms with E-state index in [1.807, 2.05) is 57.2 Å². The first-order valence-corrected chi connectivity index (χ1v) is 7.89. The van der Waals surface area contributed by atoms with Gasteiger partial charge in [0.05, 0.1) is 0 Å². The van der Waals surface area contributed by atoms with Crippen LogP contribution in [-0.4, -0.2) is 11.6 Å². The number of allylic oxidation sites excluding steroid dienone is 1. The summed E-state index contributed by atoms with van der Waals surface area (Å²) in [4.78, 5) is 22.6. The summed E-state index contributed by atoms with van der Waals surface area (Å²) in [5.74, 6) is 0.489. The molecular formula is C19H28O2. The third-order valence-electron chi connectivity index (χ3n) is 2.93. The van der Waals surface area contributed by atoms with E-state index in [0.717, 1.165) is 24.0 Å². The van der Waals surface area contributed by atoms with E-state index in [1.54, 1.807) is 6.92 Å². The lowest BCUT2D eigenvalue weighted by molar-refractivity contribution is -0.118. The number of rotatable bonds is 8. The highest BCUT2D eigenvalue weighted by Gasteiger charge is 2.05. The molecule has 0 aromatic heterocycles. The number of ketones is 2. The number of Topliss-reactive ketones (excluding diaryl/α,β-unsaturated/α-hetero) is 2. The summed E-state index contributed by atoms with van der Waals surface area (Å²) in [5.41, 5.74) is 2.15. The molecule has 0 bridgehead atoms. The predicted octanol–water partition coefficient (Wildman–Crippen LogP) is 5.01. The summed E-state index contributed by atoms with van der Waals surface area (Å²) in [5, 5.41) is 0. The summed E-state index contributed by atoms with van der Waals surface area (Å²) in [6.07, 6.45) is 7.39. The Hall–Kier alpha value is -1.70. The van der Waals surface area contributed by atoms with Crippen LogP contribution in [0.5, 0.6) is 0 Å². The highest BCUT2D eigenvalue weighted by atomic mass is 16.1. The summed E-state index contributed by atoms with van der Waals surface area (Å²) in [6, 6.07) is 7.94. The van der Waals surface area contributed by atoms with E-state index in [-0.39, 0.29) is 11.6 Å². The molecule has 0 saturated heterocycles. The minimum absolute atomic E-state index is 0.205. The summed E-state index contributed by atoms with van der Waals surface area (Å²) < 4.78 is 0. The normalized spacial score (nSPS) is 10.1. The predicted molar refractivity (Wildman–Crippen MR) is 90.4 cm³/mol. The van der Waals surface area contributed by atoms with Crippen LogP contribution in [0.25, 0.3) is 6.08 Å². The van der Waals surface area contributed by atoms with Crippen LogP contribution in [0, 0.1) is 0 Å². The quantitative estimate of drug-likeness (QED) is 0.674. The van der Waals surface area contributed by atoms with Gasteiger partial charge in [-0.05, 0) is 30.9 Å². The average Bonchev–Trinajstić information content (AvgIpc) is 2.47. The maximum absolute atomic E-state index is 11.7. The Bertz CT molecular complexity index is 458. The Labute approximate surface area is 129 Å². The van der Waals surface area contributed by atoms with E-state index in [2.05, 4.69) is 0 Å². The molecule has 1 aromatic carbocycles. The molecule has 0 spiro atoms. The standard InChI is InChI=1S/C17H22O2.C2H6/c1-3-8-17(19)13-16-12-7-6-11-15(16)10-5-4-9-14(2)18;1-2/h5-7,10-12H,3-4,8-9,13H2,1-2H3;1-2H3/b10-5+;. The van der Waals surface area contributed by atoms with Crippen LogP contribution in [0.1, 0.15) is 64.5 Å². The fourth-order valence-corrected chi connectivity index (χ4v) is 1.93. The van der Waals surface area contributed by atoms with Crippen molar-refractivity contribution in [3.05, 3.63) is 41.5 Å². The second-order valence-electron chi connectivity index (χ2n) is 4.81. The molecule has 0 atom stereocenters. The summed E-state index contributed by atoms with van der Waals surface area (Å²) in [7, 11) is 0. The zero-order valence-corrected chi connectivity index (χ0v) is 13.8. The van der Waals surface area contributed by atoms with Crippen LogP contribution in [0.3, 0.4) is 0 Å². The molecule has 21 heavy (non-hydrogen) atoms. The van der Waals surface area contributed by atoms with E-state index in [4.69, 9.17) is 0 Å². The van der Waals surface area contributed by atoms with Crippen LogP contribution in [-0.2, 0) is 16.0 Å². The molecule has 0 radical (unpaired) electrons. The molecule has 1 aromatic rings. The number of hydrogen-bond acceptors (Lipinski definition) is 2. The van der Waals surface area contributed by atoms with E-state index in [9.17, 15) is 9.59 Å². The number of carbonyl (C=O) groups excluding carboxylic acids is 2. The van der Waals surface area contributed by atoms with Crippen molar-refractivity contribution in [1.29, 1.82) is 0 Å². The number of carbonyl (C=O) groups is 2. The van der Waals surface area contributed by atoms with Crippen molar-refractivity contribution in [2.75, 3.05) is 0 Å². The van der Waals surface area contributed by atoms with Gasteiger partial charge >= 0.3 is 0 Å². The first-order chi connectivity index (χ1) is 10.1. The molecule has 2 heteroatoms. The topological polar surface area (TPSA) is 34.1 Å². The third-order valence-corrected chi connectivity index (χ3v) is 2.93. The lowest BCUT2D eigenvalue weighted by Gasteiger charge is -2.05. The molecule has 0 unspecified atom stereocenters. The molecular weight excluding hydrogens is 260 g/mol. The van der Waals surface area contributed by atoms with Crippen molar-refractivity contribution in [2.24, 2.45) is 0 Å². The first-order valence-electron chi connectivity index (χ1n) is 7.89. The Morgan fingerprint density at radius 2 is 1.76 bits per heavy atom. The maximum atomic E-state index is 11.7. The highest BCUT2D eigenvalue weighted by molar-refractivity contribution is 5.82. The fraction of sp³-hybridized carbons (Fsp3) is 0.474. The van der Waals surface area contributed by atoms with E-state index < -0.39 is 0 Å². The number of benzene rings is 1. The molecule has 116 valence electrons. The molecule has 1 rings (SSSR count). The van der Waals surface area contributed by atoms with Crippen molar-refractivity contribution >= 4 is 17.6 Å².